The third-order valence-corrected chi connectivity index (χ3v) is 4.70. The molecule has 0 saturated heterocycles. The predicted molar refractivity (Wildman–Crippen MR) is 67.8 cm³/mol. The molecule has 0 unspecified atom stereocenters. The van der Waals surface area contributed by atoms with E-state index >= 15 is 0 Å². The van der Waals surface area contributed by atoms with Gasteiger partial charge in [-0.25, -0.2) is 0 Å². The number of aliphatic hydroxyl groups is 1. The number of hydrogen-bond acceptors (Lipinski definition) is 6. The molecule has 3 nitrogen and oxygen atoms in total. The average molecular weight is 268 g/mol. The molecule has 0 radical (unpaired) electrons. The number of aromatic nitrogens is 2. The van der Waals surface area contributed by atoms with Crippen LogP contribution in [0.3, 0.4) is 0 Å². The first-order valence-electron chi connectivity index (χ1n) is 4.45. The molecule has 2 aromatic heterocycles. The number of thioether (sulfide) groups is 1. The molecule has 82 valence electrons. The van der Waals surface area contributed by atoms with E-state index < -0.39 is 0 Å². The highest BCUT2D eigenvalue weighted by Gasteiger charge is 2.04. The molecule has 0 aliphatic carbocycles. The summed E-state index contributed by atoms with van der Waals surface area (Å²) in [5.41, 5.74) is 2.72. The second kappa shape index (κ2) is 6.01. The van der Waals surface area contributed by atoms with Crippen molar-refractivity contribution in [3.8, 4) is 11.8 Å². The third-order valence-electron chi connectivity index (χ3n) is 1.71. The van der Waals surface area contributed by atoms with E-state index in [4.69, 9.17) is 5.11 Å². The topological polar surface area (TPSA) is 46.0 Å². The average Bonchev–Trinajstić information content (AvgIpc) is 2.94. The fourth-order valence-electron chi connectivity index (χ4n) is 1.05. The molecule has 0 fully saturated rings. The summed E-state index contributed by atoms with van der Waals surface area (Å²) in [5, 5.41) is 18.4. The van der Waals surface area contributed by atoms with Gasteiger partial charge in [-0.05, 0) is 11.4 Å². The van der Waals surface area contributed by atoms with Crippen LogP contribution in [0.5, 0.6) is 0 Å². The predicted octanol–water partition coefficient (Wildman–Crippen LogP) is 2.24. The Morgan fingerprint density at radius 1 is 1.44 bits per heavy atom. The Kier molecular flexibility index (Phi) is 4.36. The fraction of sp³-hybridized carbons (Fsp3) is 0.200. The first kappa shape index (κ1) is 11.6. The van der Waals surface area contributed by atoms with Crippen molar-refractivity contribution in [2.24, 2.45) is 0 Å². The highest BCUT2D eigenvalue weighted by Crippen LogP contribution is 2.27. The van der Waals surface area contributed by atoms with Crippen molar-refractivity contribution < 1.29 is 5.11 Å². The molecule has 16 heavy (non-hydrogen) atoms. The lowest BCUT2D eigenvalue weighted by Gasteiger charge is -1.95. The Balaban J connectivity index is 2.01. The van der Waals surface area contributed by atoms with E-state index in [1.165, 1.54) is 16.2 Å². The Labute approximate surface area is 106 Å². The molecule has 1 N–H and O–H groups in total. The van der Waals surface area contributed by atoms with Crippen LogP contribution < -0.4 is 0 Å². The van der Waals surface area contributed by atoms with Crippen LogP contribution in [0.4, 0.5) is 0 Å². The zero-order chi connectivity index (χ0) is 11.2. The first-order chi connectivity index (χ1) is 7.90. The zero-order valence-corrected chi connectivity index (χ0v) is 10.7. The highest BCUT2D eigenvalue weighted by molar-refractivity contribution is 8.00. The van der Waals surface area contributed by atoms with Crippen molar-refractivity contribution in [2.45, 2.75) is 10.1 Å². The molecule has 0 aliphatic rings. The van der Waals surface area contributed by atoms with Gasteiger partial charge in [0, 0.05) is 16.2 Å². The molecule has 0 aliphatic heterocycles. The van der Waals surface area contributed by atoms with E-state index in [0.29, 0.717) is 0 Å². The lowest BCUT2D eigenvalue weighted by atomic mass is 10.3. The lowest BCUT2D eigenvalue weighted by molar-refractivity contribution is 0.350. The molecule has 2 rings (SSSR count). The van der Waals surface area contributed by atoms with E-state index in [2.05, 4.69) is 22.0 Å². The monoisotopic (exact) mass is 268 g/mol. The maximum absolute atomic E-state index is 8.64. The van der Waals surface area contributed by atoms with E-state index in [1.54, 1.807) is 28.6 Å². The van der Waals surface area contributed by atoms with Gasteiger partial charge in [-0.3, -0.25) is 0 Å². The van der Waals surface area contributed by atoms with Gasteiger partial charge in [0.25, 0.3) is 0 Å². The van der Waals surface area contributed by atoms with E-state index in [-0.39, 0.29) is 6.61 Å². The van der Waals surface area contributed by atoms with Gasteiger partial charge in [0.1, 0.15) is 12.1 Å². The van der Waals surface area contributed by atoms with Gasteiger partial charge in [-0.2, -0.15) is 0 Å². The molecule has 2 aromatic rings. The van der Waals surface area contributed by atoms with Crippen molar-refractivity contribution in [1.82, 2.24) is 10.2 Å². The van der Waals surface area contributed by atoms with Crippen molar-refractivity contribution >= 4 is 34.4 Å². The van der Waals surface area contributed by atoms with Crippen LogP contribution in [0.2, 0.25) is 0 Å². The standard InChI is InChI=1S/C10H8N2OS3/c13-4-1-2-8-3-5-14-9(8)6-15-10-12-11-7-16-10/h3,5,7,13H,4,6H2. The highest BCUT2D eigenvalue weighted by atomic mass is 32.2. The van der Waals surface area contributed by atoms with Crippen LogP contribution in [0.25, 0.3) is 0 Å². The third kappa shape index (κ3) is 3.06. The number of aliphatic hydroxyl groups excluding tert-OH is 1. The quantitative estimate of drug-likeness (QED) is 0.685. The molecule has 0 spiro atoms. The van der Waals surface area contributed by atoms with Crippen LogP contribution in [0.1, 0.15) is 10.4 Å². The lowest BCUT2D eigenvalue weighted by Crippen LogP contribution is -1.81. The molecule has 2 heterocycles. The smallest absolute Gasteiger partial charge is 0.174 e. The second-order valence-electron chi connectivity index (χ2n) is 2.71. The SMILES string of the molecule is OCC#Cc1ccsc1CSc1nncs1. The summed E-state index contributed by atoms with van der Waals surface area (Å²) in [6.45, 7) is -0.0984. The Bertz CT molecular complexity index is 496. The number of nitrogens with zero attached hydrogens (tertiary/aromatic N) is 2. The molecular formula is C10H8N2OS3. The number of rotatable bonds is 3. The Morgan fingerprint density at radius 3 is 3.12 bits per heavy atom. The summed E-state index contributed by atoms with van der Waals surface area (Å²) in [6, 6.07) is 1.98. The molecule has 0 bridgehead atoms. The molecule has 0 saturated carbocycles. The minimum Gasteiger partial charge on any atom is -0.384 e. The molecule has 6 heteroatoms. The van der Waals surface area contributed by atoms with Crippen molar-refractivity contribution in [1.29, 1.82) is 0 Å². The normalized spacial score (nSPS) is 9.81. The van der Waals surface area contributed by atoms with Crippen molar-refractivity contribution in [2.75, 3.05) is 6.61 Å². The summed E-state index contributed by atoms with van der Waals surface area (Å²) >= 11 is 4.87. The van der Waals surface area contributed by atoms with Gasteiger partial charge in [0.15, 0.2) is 4.34 Å². The van der Waals surface area contributed by atoms with Crippen LogP contribution in [0, 0.1) is 11.8 Å². The van der Waals surface area contributed by atoms with Gasteiger partial charge in [0.05, 0.1) is 0 Å². The van der Waals surface area contributed by atoms with Crippen molar-refractivity contribution in [3.05, 3.63) is 27.4 Å². The maximum Gasteiger partial charge on any atom is 0.174 e. The first-order valence-corrected chi connectivity index (χ1v) is 7.19. The van der Waals surface area contributed by atoms with Crippen LogP contribution in [-0.4, -0.2) is 21.9 Å². The summed E-state index contributed by atoms with van der Waals surface area (Å²) in [6.07, 6.45) is 0. The van der Waals surface area contributed by atoms with Gasteiger partial charge >= 0.3 is 0 Å². The number of hydrogen-bond donors (Lipinski definition) is 1. The molecule has 0 atom stereocenters. The fourth-order valence-corrected chi connectivity index (χ4v) is 3.49. The number of thiophene rings is 1. The largest absolute Gasteiger partial charge is 0.384 e. The molecule has 0 aromatic carbocycles. The van der Waals surface area contributed by atoms with Gasteiger partial charge in [-0.15, -0.1) is 21.5 Å². The van der Waals surface area contributed by atoms with Crippen LogP contribution >= 0.6 is 34.4 Å². The second-order valence-corrected chi connectivity index (χ2v) is 5.77. The van der Waals surface area contributed by atoms with Gasteiger partial charge in [-0.1, -0.05) is 34.9 Å². The van der Waals surface area contributed by atoms with E-state index in [1.807, 2.05) is 11.4 Å². The zero-order valence-electron chi connectivity index (χ0n) is 8.21. The van der Waals surface area contributed by atoms with Crippen LogP contribution in [-0.2, 0) is 5.75 Å². The van der Waals surface area contributed by atoms with E-state index in [9.17, 15) is 0 Å². The minimum atomic E-state index is -0.0984. The summed E-state index contributed by atoms with van der Waals surface area (Å²) < 4.78 is 0.967. The molecule has 0 amide bonds. The van der Waals surface area contributed by atoms with Gasteiger partial charge in [0.2, 0.25) is 0 Å². The summed E-state index contributed by atoms with van der Waals surface area (Å²) in [7, 11) is 0. The Hall–Kier alpha value is -0.870. The van der Waals surface area contributed by atoms with Gasteiger partial charge < -0.3 is 5.11 Å². The summed E-state index contributed by atoms with van der Waals surface area (Å²) in [5.74, 6) is 6.45. The minimum absolute atomic E-state index is 0.0984. The molecular weight excluding hydrogens is 260 g/mol. The maximum atomic E-state index is 8.64. The Morgan fingerprint density at radius 2 is 2.38 bits per heavy atom. The summed E-state index contributed by atoms with van der Waals surface area (Å²) in [4.78, 5) is 1.21. The van der Waals surface area contributed by atoms with Crippen molar-refractivity contribution in [3.63, 3.8) is 0 Å². The van der Waals surface area contributed by atoms with Crippen LogP contribution in [0.15, 0.2) is 21.3 Å². The van der Waals surface area contributed by atoms with E-state index in [0.717, 1.165) is 15.7 Å².